The molecule has 0 atom stereocenters. The highest BCUT2D eigenvalue weighted by Gasteiger charge is 2.08. The Labute approximate surface area is 122 Å². The zero-order valence-corrected chi connectivity index (χ0v) is 11.6. The Bertz CT molecular complexity index is 934. The van der Waals surface area contributed by atoms with Gasteiger partial charge >= 0.3 is 0 Å². The number of nitrogens with zero attached hydrogens (tertiary/aromatic N) is 3. The van der Waals surface area contributed by atoms with Crippen molar-refractivity contribution in [3.8, 4) is 0 Å². The molecule has 0 spiro atoms. The summed E-state index contributed by atoms with van der Waals surface area (Å²) in [6, 6.07) is 16.5. The predicted octanol–water partition coefficient (Wildman–Crippen LogP) is 3.87. The molecule has 0 aliphatic carbocycles. The van der Waals surface area contributed by atoms with E-state index in [-0.39, 0.29) is 0 Å². The van der Waals surface area contributed by atoms with Gasteiger partial charge in [-0.2, -0.15) is 0 Å². The fourth-order valence-corrected chi connectivity index (χ4v) is 2.62. The third kappa shape index (κ3) is 1.92. The Kier molecular flexibility index (Phi) is 2.60. The maximum Gasteiger partial charge on any atom is 0.158 e. The molecule has 0 saturated heterocycles. The lowest BCUT2D eigenvalue weighted by molar-refractivity contribution is 0.947. The summed E-state index contributed by atoms with van der Waals surface area (Å²) in [5, 5.41) is 5.80. The van der Waals surface area contributed by atoms with Crippen LogP contribution >= 0.6 is 0 Å². The molecule has 102 valence electrons. The van der Waals surface area contributed by atoms with E-state index in [4.69, 9.17) is 0 Å². The van der Waals surface area contributed by atoms with E-state index in [1.807, 2.05) is 35.9 Å². The standard InChI is InChI=1S/C17H14N4/c1-21-11-19-16-15(21)9-10-18-17(16)20-14-8-4-6-12-5-2-3-7-13(12)14/h2-11H,1H3,(H,18,20). The van der Waals surface area contributed by atoms with Gasteiger partial charge in [0, 0.05) is 24.3 Å². The molecular formula is C17H14N4. The molecule has 0 aliphatic heterocycles. The van der Waals surface area contributed by atoms with E-state index in [0.29, 0.717) is 0 Å². The molecule has 0 saturated carbocycles. The third-order valence-corrected chi connectivity index (χ3v) is 3.69. The van der Waals surface area contributed by atoms with Crippen LogP contribution in [-0.4, -0.2) is 14.5 Å². The van der Waals surface area contributed by atoms with Crippen molar-refractivity contribution in [3.05, 3.63) is 61.1 Å². The van der Waals surface area contributed by atoms with E-state index in [2.05, 4.69) is 39.6 Å². The van der Waals surface area contributed by atoms with Gasteiger partial charge in [0.25, 0.3) is 0 Å². The first-order valence-corrected chi connectivity index (χ1v) is 6.84. The summed E-state index contributed by atoms with van der Waals surface area (Å²) in [5.74, 6) is 0.782. The number of rotatable bonds is 2. The van der Waals surface area contributed by atoms with E-state index in [0.717, 1.165) is 22.5 Å². The summed E-state index contributed by atoms with van der Waals surface area (Å²) in [6.45, 7) is 0. The fraction of sp³-hybridized carbons (Fsp3) is 0.0588. The van der Waals surface area contributed by atoms with E-state index in [1.165, 1.54) is 10.8 Å². The molecule has 0 radical (unpaired) electrons. The second-order valence-corrected chi connectivity index (χ2v) is 5.03. The lowest BCUT2D eigenvalue weighted by Gasteiger charge is -2.09. The average molecular weight is 274 g/mol. The van der Waals surface area contributed by atoms with Crippen LogP contribution in [0.15, 0.2) is 61.1 Å². The highest BCUT2D eigenvalue weighted by molar-refractivity contribution is 5.97. The number of fused-ring (bicyclic) bond motifs is 2. The first-order valence-electron chi connectivity index (χ1n) is 6.84. The Hall–Kier alpha value is -2.88. The lowest BCUT2D eigenvalue weighted by Crippen LogP contribution is -1.96. The first kappa shape index (κ1) is 11.9. The maximum absolute atomic E-state index is 4.44. The van der Waals surface area contributed by atoms with Crippen molar-refractivity contribution >= 4 is 33.3 Å². The molecular weight excluding hydrogens is 260 g/mol. The van der Waals surface area contributed by atoms with Gasteiger partial charge in [-0.3, -0.25) is 0 Å². The van der Waals surface area contributed by atoms with Crippen LogP contribution in [0.25, 0.3) is 21.8 Å². The number of pyridine rings is 1. The second kappa shape index (κ2) is 4.59. The Morgan fingerprint density at radius 3 is 2.76 bits per heavy atom. The first-order chi connectivity index (χ1) is 10.3. The van der Waals surface area contributed by atoms with Crippen LogP contribution in [0.2, 0.25) is 0 Å². The fourth-order valence-electron chi connectivity index (χ4n) is 2.62. The van der Waals surface area contributed by atoms with Crippen molar-refractivity contribution in [1.29, 1.82) is 0 Å². The van der Waals surface area contributed by atoms with Gasteiger partial charge in [-0.05, 0) is 17.5 Å². The minimum absolute atomic E-state index is 0.782. The lowest BCUT2D eigenvalue weighted by atomic mass is 10.1. The monoisotopic (exact) mass is 274 g/mol. The van der Waals surface area contributed by atoms with Crippen LogP contribution in [0.3, 0.4) is 0 Å². The number of imidazole rings is 1. The molecule has 2 aromatic heterocycles. The normalized spacial score (nSPS) is 11.1. The molecule has 4 aromatic rings. The molecule has 0 amide bonds. The zero-order chi connectivity index (χ0) is 14.2. The molecule has 0 bridgehead atoms. The number of hydrogen-bond acceptors (Lipinski definition) is 3. The van der Waals surface area contributed by atoms with Gasteiger partial charge in [0.05, 0.1) is 11.8 Å². The summed E-state index contributed by atoms with van der Waals surface area (Å²) < 4.78 is 1.99. The van der Waals surface area contributed by atoms with E-state index >= 15 is 0 Å². The SMILES string of the molecule is Cn1cnc2c(Nc3cccc4ccccc34)nccc21. The zero-order valence-electron chi connectivity index (χ0n) is 11.6. The van der Waals surface area contributed by atoms with Crippen molar-refractivity contribution < 1.29 is 0 Å². The average Bonchev–Trinajstić information content (AvgIpc) is 2.90. The van der Waals surface area contributed by atoms with Crippen LogP contribution < -0.4 is 5.32 Å². The molecule has 0 unspecified atom stereocenters. The van der Waals surface area contributed by atoms with Crippen molar-refractivity contribution in [1.82, 2.24) is 14.5 Å². The van der Waals surface area contributed by atoms with E-state index in [9.17, 15) is 0 Å². The Balaban J connectivity index is 1.87. The summed E-state index contributed by atoms with van der Waals surface area (Å²) in [4.78, 5) is 8.87. The van der Waals surface area contributed by atoms with Crippen molar-refractivity contribution in [2.75, 3.05) is 5.32 Å². The number of benzene rings is 2. The van der Waals surface area contributed by atoms with Crippen LogP contribution in [0.5, 0.6) is 0 Å². The van der Waals surface area contributed by atoms with E-state index < -0.39 is 0 Å². The number of aryl methyl sites for hydroxylation is 1. The Morgan fingerprint density at radius 2 is 1.81 bits per heavy atom. The van der Waals surface area contributed by atoms with Gasteiger partial charge in [0.2, 0.25) is 0 Å². The molecule has 4 heteroatoms. The van der Waals surface area contributed by atoms with Gasteiger partial charge < -0.3 is 9.88 Å². The van der Waals surface area contributed by atoms with Gasteiger partial charge in [0.1, 0.15) is 5.52 Å². The van der Waals surface area contributed by atoms with Crippen LogP contribution in [0.4, 0.5) is 11.5 Å². The van der Waals surface area contributed by atoms with Gasteiger partial charge in [0.15, 0.2) is 5.82 Å². The topological polar surface area (TPSA) is 42.7 Å². The molecule has 0 aliphatic rings. The number of hydrogen-bond donors (Lipinski definition) is 1. The molecule has 0 fully saturated rings. The smallest absolute Gasteiger partial charge is 0.158 e. The van der Waals surface area contributed by atoms with Crippen molar-refractivity contribution in [2.45, 2.75) is 0 Å². The number of nitrogens with one attached hydrogen (secondary N) is 1. The van der Waals surface area contributed by atoms with E-state index in [1.54, 1.807) is 12.5 Å². The van der Waals surface area contributed by atoms with Crippen LogP contribution in [-0.2, 0) is 7.05 Å². The minimum atomic E-state index is 0.782. The quantitative estimate of drug-likeness (QED) is 0.603. The molecule has 4 rings (SSSR count). The summed E-state index contributed by atoms with van der Waals surface area (Å²) in [5.41, 5.74) is 2.99. The number of aromatic nitrogens is 3. The number of anilines is 2. The molecule has 4 nitrogen and oxygen atoms in total. The van der Waals surface area contributed by atoms with Crippen molar-refractivity contribution in [2.24, 2.45) is 7.05 Å². The van der Waals surface area contributed by atoms with Crippen molar-refractivity contribution in [3.63, 3.8) is 0 Å². The summed E-state index contributed by atoms with van der Waals surface area (Å²) in [7, 11) is 1.98. The molecule has 2 aromatic carbocycles. The summed E-state index contributed by atoms with van der Waals surface area (Å²) in [6.07, 6.45) is 3.61. The maximum atomic E-state index is 4.44. The molecule has 21 heavy (non-hydrogen) atoms. The summed E-state index contributed by atoms with van der Waals surface area (Å²) >= 11 is 0. The highest BCUT2D eigenvalue weighted by Crippen LogP contribution is 2.28. The van der Waals surface area contributed by atoms with Gasteiger partial charge in [-0.25, -0.2) is 9.97 Å². The minimum Gasteiger partial charge on any atom is -0.338 e. The Morgan fingerprint density at radius 1 is 0.952 bits per heavy atom. The third-order valence-electron chi connectivity index (χ3n) is 3.69. The highest BCUT2D eigenvalue weighted by atomic mass is 15.1. The van der Waals surface area contributed by atoms with Crippen LogP contribution in [0, 0.1) is 0 Å². The van der Waals surface area contributed by atoms with Gasteiger partial charge in [-0.15, -0.1) is 0 Å². The second-order valence-electron chi connectivity index (χ2n) is 5.03. The predicted molar refractivity (Wildman–Crippen MR) is 85.7 cm³/mol. The van der Waals surface area contributed by atoms with Gasteiger partial charge in [-0.1, -0.05) is 36.4 Å². The van der Waals surface area contributed by atoms with Crippen LogP contribution in [0.1, 0.15) is 0 Å². The molecule has 2 heterocycles. The molecule has 1 N–H and O–H groups in total. The largest absolute Gasteiger partial charge is 0.338 e.